The lowest BCUT2D eigenvalue weighted by Crippen LogP contribution is -1.94. The van der Waals surface area contributed by atoms with Gasteiger partial charge in [0.1, 0.15) is 11.5 Å². The van der Waals surface area contributed by atoms with Gasteiger partial charge in [-0.1, -0.05) is 6.07 Å². The quantitative estimate of drug-likeness (QED) is 0.682. The third kappa shape index (κ3) is 1.52. The Bertz CT molecular complexity index is 234. The minimum Gasteiger partial charge on any atom is -0.496 e. The summed E-state index contributed by atoms with van der Waals surface area (Å²) in [4.78, 5) is 0. The van der Waals surface area contributed by atoms with Crippen LogP contribution in [0.25, 0.3) is 0 Å². The van der Waals surface area contributed by atoms with Crippen LogP contribution >= 0.6 is 0 Å². The van der Waals surface area contributed by atoms with E-state index in [-0.39, 0.29) is 0 Å². The summed E-state index contributed by atoms with van der Waals surface area (Å²) in [7, 11) is 3.29. The number of hydrogen-bond acceptors (Lipinski definition) is 2. The fraction of sp³-hybridized carbons (Fsp3) is 0.300. The Labute approximate surface area is 73.1 Å². The molecule has 0 aliphatic heterocycles. The van der Waals surface area contributed by atoms with Gasteiger partial charge in [0.25, 0.3) is 0 Å². The Morgan fingerprint density at radius 2 is 1.67 bits per heavy atom. The van der Waals surface area contributed by atoms with Crippen molar-refractivity contribution in [2.24, 2.45) is 0 Å². The lowest BCUT2D eigenvalue weighted by molar-refractivity contribution is 0.387. The minimum absolute atomic E-state index is 0.674. The monoisotopic (exact) mass is 165 g/mol. The summed E-state index contributed by atoms with van der Waals surface area (Å²) < 4.78 is 10.3. The van der Waals surface area contributed by atoms with Crippen molar-refractivity contribution in [1.29, 1.82) is 0 Å². The summed E-state index contributed by atoms with van der Waals surface area (Å²) >= 11 is 0. The Kier molecular flexibility index (Phi) is 2.97. The second kappa shape index (κ2) is 4.00. The van der Waals surface area contributed by atoms with Crippen molar-refractivity contribution in [3.8, 4) is 11.5 Å². The summed E-state index contributed by atoms with van der Waals surface area (Å²) in [6.45, 7) is 3.81. The molecule has 1 rings (SSSR count). The normalized spacial score (nSPS) is 9.58. The van der Waals surface area contributed by atoms with Gasteiger partial charge in [-0.25, -0.2) is 0 Å². The molecule has 12 heavy (non-hydrogen) atoms. The highest BCUT2D eigenvalue weighted by molar-refractivity contribution is 5.45. The van der Waals surface area contributed by atoms with Crippen molar-refractivity contribution in [1.82, 2.24) is 0 Å². The summed E-state index contributed by atoms with van der Waals surface area (Å²) in [5.41, 5.74) is 1.02. The zero-order chi connectivity index (χ0) is 8.97. The van der Waals surface area contributed by atoms with Gasteiger partial charge in [0, 0.05) is 5.56 Å². The van der Waals surface area contributed by atoms with Gasteiger partial charge in [0.2, 0.25) is 0 Å². The molecule has 1 radical (unpaired) electrons. The van der Waals surface area contributed by atoms with Gasteiger partial charge in [-0.05, 0) is 25.5 Å². The average molecular weight is 165 g/mol. The molecule has 0 saturated heterocycles. The fourth-order valence-corrected chi connectivity index (χ4v) is 1.17. The number of ether oxygens (including phenoxy) is 2. The molecule has 0 saturated carbocycles. The predicted octanol–water partition coefficient (Wildman–Crippen LogP) is 2.08. The number of methoxy groups -OCH3 is 2. The van der Waals surface area contributed by atoms with Gasteiger partial charge in [0.05, 0.1) is 14.2 Å². The number of hydrogen-bond donors (Lipinski definition) is 0. The van der Waals surface area contributed by atoms with Gasteiger partial charge in [0.15, 0.2) is 0 Å². The van der Waals surface area contributed by atoms with E-state index in [1.807, 2.05) is 18.2 Å². The Morgan fingerprint density at radius 3 is 2.00 bits per heavy atom. The molecule has 2 nitrogen and oxygen atoms in total. The van der Waals surface area contributed by atoms with Gasteiger partial charge in [-0.3, -0.25) is 0 Å². The van der Waals surface area contributed by atoms with Crippen LogP contribution in [0.2, 0.25) is 0 Å². The Morgan fingerprint density at radius 1 is 1.17 bits per heavy atom. The molecule has 0 bridgehead atoms. The molecule has 0 spiro atoms. The smallest absolute Gasteiger partial charge is 0.125 e. The first-order chi connectivity index (χ1) is 5.83. The van der Waals surface area contributed by atoms with Gasteiger partial charge in [-0.2, -0.15) is 0 Å². The van der Waals surface area contributed by atoms with Crippen molar-refractivity contribution >= 4 is 0 Å². The van der Waals surface area contributed by atoms with E-state index in [1.165, 1.54) is 0 Å². The van der Waals surface area contributed by atoms with E-state index >= 15 is 0 Å². The molecule has 1 aromatic carbocycles. The van der Waals surface area contributed by atoms with E-state index in [0.717, 1.165) is 17.1 Å². The third-order valence-corrected chi connectivity index (χ3v) is 1.78. The van der Waals surface area contributed by atoms with Gasteiger partial charge < -0.3 is 9.47 Å². The van der Waals surface area contributed by atoms with Gasteiger partial charge in [-0.15, -0.1) is 0 Å². The maximum absolute atomic E-state index is 5.16. The van der Waals surface area contributed by atoms with E-state index in [9.17, 15) is 0 Å². The summed E-state index contributed by atoms with van der Waals surface area (Å²) in [6.07, 6.45) is 0.674. The first-order valence-corrected chi connectivity index (χ1v) is 3.82. The standard InChI is InChI=1S/C10H13O2/c1-4-8-9(11-2)6-5-7-10(8)12-3/h5-7H,1,4H2,2-3H3. The van der Waals surface area contributed by atoms with Crippen LogP contribution in [-0.4, -0.2) is 14.2 Å². The second-order valence-corrected chi connectivity index (χ2v) is 2.39. The van der Waals surface area contributed by atoms with Crippen molar-refractivity contribution in [2.45, 2.75) is 6.42 Å². The van der Waals surface area contributed by atoms with Crippen LogP contribution in [0.15, 0.2) is 18.2 Å². The van der Waals surface area contributed by atoms with E-state index in [0.29, 0.717) is 6.42 Å². The predicted molar refractivity (Wildman–Crippen MR) is 48.6 cm³/mol. The van der Waals surface area contributed by atoms with Gasteiger partial charge >= 0.3 is 0 Å². The molecular formula is C10H13O2. The maximum atomic E-state index is 5.16. The molecule has 0 heterocycles. The molecule has 65 valence electrons. The van der Waals surface area contributed by atoms with Crippen molar-refractivity contribution in [2.75, 3.05) is 14.2 Å². The van der Waals surface area contributed by atoms with E-state index in [4.69, 9.17) is 9.47 Å². The molecule has 0 amide bonds. The number of rotatable bonds is 3. The Hall–Kier alpha value is -1.18. The molecule has 0 aliphatic rings. The first-order valence-electron chi connectivity index (χ1n) is 3.82. The van der Waals surface area contributed by atoms with E-state index in [1.54, 1.807) is 14.2 Å². The Balaban J connectivity index is 3.13. The molecule has 0 N–H and O–H groups in total. The van der Waals surface area contributed by atoms with Crippen LogP contribution in [-0.2, 0) is 6.42 Å². The average Bonchev–Trinajstić information content (AvgIpc) is 2.16. The van der Waals surface area contributed by atoms with E-state index in [2.05, 4.69) is 6.92 Å². The lowest BCUT2D eigenvalue weighted by Gasteiger charge is -2.10. The highest BCUT2D eigenvalue weighted by Gasteiger charge is 2.05. The van der Waals surface area contributed by atoms with Crippen molar-refractivity contribution in [3.63, 3.8) is 0 Å². The largest absolute Gasteiger partial charge is 0.496 e. The molecule has 0 fully saturated rings. The highest BCUT2D eigenvalue weighted by Crippen LogP contribution is 2.27. The van der Waals surface area contributed by atoms with Crippen LogP contribution < -0.4 is 9.47 Å². The summed E-state index contributed by atoms with van der Waals surface area (Å²) in [5.74, 6) is 1.67. The topological polar surface area (TPSA) is 18.5 Å². The van der Waals surface area contributed by atoms with Crippen molar-refractivity contribution < 1.29 is 9.47 Å². The molecule has 2 heteroatoms. The first kappa shape index (κ1) is 8.91. The third-order valence-electron chi connectivity index (χ3n) is 1.78. The fourth-order valence-electron chi connectivity index (χ4n) is 1.17. The zero-order valence-corrected chi connectivity index (χ0v) is 7.46. The SMILES string of the molecule is [CH2]Cc1c(OC)cccc1OC. The molecule has 0 aliphatic carbocycles. The maximum Gasteiger partial charge on any atom is 0.125 e. The van der Waals surface area contributed by atoms with Crippen LogP contribution in [0, 0.1) is 6.92 Å². The molecule has 1 aromatic rings. The van der Waals surface area contributed by atoms with Crippen LogP contribution in [0.4, 0.5) is 0 Å². The zero-order valence-electron chi connectivity index (χ0n) is 7.46. The van der Waals surface area contributed by atoms with E-state index < -0.39 is 0 Å². The summed E-state index contributed by atoms with van der Waals surface area (Å²) in [6, 6.07) is 5.71. The molecule has 0 aromatic heterocycles. The molecular weight excluding hydrogens is 152 g/mol. The number of benzene rings is 1. The molecule has 0 atom stereocenters. The minimum atomic E-state index is 0.674. The summed E-state index contributed by atoms with van der Waals surface area (Å²) in [5, 5.41) is 0. The van der Waals surface area contributed by atoms with Crippen molar-refractivity contribution in [3.05, 3.63) is 30.7 Å². The highest BCUT2D eigenvalue weighted by atomic mass is 16.5. The van der Waals surface area contributed by atoms with Crippen LogP contribution in [0.5, 0.6) is 11.5 Å². The second-order valence-electron chi connectivity index (χ2n) is 2.39. The molecule has 0 unspecified atom stereocenters. The van der Waals surface area contributed by atoms with Crippen LogP contribution in [0.3, 0.4) is 0 Å². The lowest BCUT2D eigenvalue weighted by atomic mass is 10.1. The van der Waals surface area contributed by atoms with Crippen LogP contribution in [0.1, 0.15) is 5.56 Å².